The van der Waals surface area contributed by atoms with E-state index in [2.05, 4.69) is 73.2 Å². The van der Waals surface area contributed by atoms with Gasteiger partial charge >= 0.3 is 0 Å². The second-order valence-electron chi connectivity index (χ2n) is 8.16. The zero-order valence-corrected chi connectivity index (χ0v) is 19.0. The molecule has 3 rings (SSSR count). The molecule has 0 bridgehead atoms. The summed E-state index contributed by atoms with van der Waals surface area (Å²) >= 11 is 1.85. The molecule has 0 saturated carbocycles. The maximum atomic E-state index is 6.10. The van der Waals surface area contributed by atoms with Crippen LogP contribution in [0.2, 0.25) is 0 Å². The molecule has 5 heteroatoms. The summed E-state index contributed by atoms with van der Waals surface area (Å²) in [7, 11) is 3.94. The number of nitrogens with zero attached hydrogens (tertiary/aromatic N) is 2. The van der Waals surface area contributed by atoms with Gasteiger partial charge in [0.25, 0.3) is 0 Å². The Bertz CT molecular complexity index is 786. The highest BCUT2D eigenvalue weighted by Crippen LogP contribution is 2.46. The van der Waals surface area contributed by atoms with E-state index in [1.54, 1.807) is 7.11 Å². The van der Waals surface area contributed by atoms with Crippen molar-refractivity contribution in [1.29, 1.82) is 0 Å². The molecule has 1 aromatic carbocycles. The predicted molar refractivity (Wildman–Crippen MR) is 126 cm³/mol. The molecule has 2 aliphatic rings. The minimum atomic E-state index is 0.307. The van der Waals surface area contributed by atoms with Crippen LogP contribution in [0, 0.1) is 5.92 Å². The molecule has 29 heavy (non-hydrogen) atoms. The van der Waals surface area contributed by atoms with Crippen LogP contribution in [0.25, 0.3) is 0 Å². The first-order valence-corrected chi connectivity index (χ1v) is 11.5. The molecule has 2 unspecified atom stereocenters. The number of thioether (sulfide) groups is 1. The Morgan fingerprint density at radius 2 is 2.07 bits per heavy atom. The van der Waals surface area contributed by atoms with Crippen LogP contribution in [-0.2, 0) is 0 Å². The van der Waals surface area contributed by atoms with Gasteiger partial charge in [0, 0.05) is 35.0 Å². The summed E-state index contributed by atoms with van der Waals surface area (Å²) in [5.74, 6) is 1.43. The smallest absolute Gasteiger partial charge is 0.121 e. The molecule has 0 fully saturated rings. The van der Waals surface area contributed by atoms with Crippen molar-refractivity contribution < 1.29 is 4.74 Å². The average molecular weight is 414 g/mol. The number of nitrogens with two attached hydrogens (primary N) is 1. The third kappa shape index (κ3) is 5.68. The first-order valence-electron chi connectivity index (χ1n) is 10.7. The third-order valence-electron chi connectivity index (χ3n) is 5.56. The van der Waals surface area contributed by atoms with Gasteiger partial charge in [-0.1, -0.05) is 37.8 Å². The van der Waals surface area contributed by atoms with E-state index in [9.17, 15) is 0 Å². The molecule has 1 heterocycles. The van der Waals surface area contributed by atoms with E-state index >= 15 is 0 Å². The molecule has 0 saturated heterocycles. The summed E-state index contributed by atoms with van der Waals surface area (Å²) in [5.41, 5.74) is 8.64. The highest BCUT2D eigenvalue weighted by atomic mass is 32.2. The van der Waals surface area contributed by atoms with Gasteiger partial charge in [0.15, 0.2) is 0 Å². The summed E-state index contributed by atoms with van der Waals surface area (Å²) in [6.45, 7) is 7.58. The number of hydrogen-bond donors (Lipinski definition) is 1. The monoisotopic (exact) mass is 413 g/mol. The molecule has 2 N–H and O–H groups in total. The zero-order valence-electron chi connectivity index (χ0n) is 18.2. The molecule has 0 radical (unpaired) electrons. The van der Waals surface area contributed by atoms with Crippen LogP contribution in [0.3, 0.4) is 0 Å². The van der Waals surface area contributed by atoms with Crippen LogP contribution in [0.1, 0.15) is 33.1 Å². The first kappa shape index (κ1) is 22.0. The highest BCUT2D eigenvalue weighted by molar-refractivity contribution is 8.03. The van der Waals surface area contributed by atoms with E-state index < -0.39 is 0 Å². The van der Waals surface area contributed by atoms with Crippen molar-refractivity contribution in [3.63, 3.8) is 0 Å². The lowest BCUT2D eigenvalue weighted by Gasteiger charge is -2.36. The van der Waals surface area contributed by atoms with Crippen molar-refractivity contribution >= 4 is 17.4 Å². The number of rotatable bonds is 9. The third-order valence-corrected chi connectivity index (χ3v) is 6.69. The number of benzene rings is 1. The van der Waals surface area contributed by atoms with Crippen molar-refractivity contribution in [2.45, 2.75) is 44.0 Å². The first-order chi connectivity index (χ1) is 14.0. The van der Waals surface area contributed by atoms with E-state index in [0.29, 0.717) is 12.0 Å². The van der Waals surface area contributed by atoms with Crippen molar-refractivity contribution in [1.82, 2.24) is 4.90 Å². The largest absolute Gasteiger partial charge is 0.497 e. The van der Waals surface area contributed by atoms with Crippen molar-refractivity contribution in [3.8, 4) is 5.75 Å². The fourth-order valence-electron chi connectivity index (χ4n) is 3.86. The molecule has 4 nitrogen and oxygen atoms in total. The molecule has 0 amide bonds. The molecule has 1 aromatic rings. The number of anilines is 1. The van der Waals surface area contributed by atoms with Gasteiger partial charge in [-0.05, 0) is 63.1 Å². The van der Waals surface area contributed by atoms with E-state index in [1.165, 1.54) is 21.2 Å². The summed E-state index contributed by atoms with van der Waals surface area (Å²) in [6, 6.07) is 6.72. The topological polar surface area (TPSA) is 41.7 Å². The Balaban J connectivity index is 1.78. The Labute approximate surface area is 180 Å². The quantitative estimate of drug-likeness (QED) is 0.615. The maximum absolute atomic E-state index is 6.10. The Kier molecular flexibility index (Phi) is 7.87. The molecule has 1 aliphatic heterocycles. The average Bonchev–Trinajstić information content (AvgIpc) is 2.96. The van der Waals surface area contributed by atoms with E-state index in [1.807, 2.05) is 11.8 Å². The Morgan fingerprint density at radius 1 is 1.28 bits per heavy atom. The van der Waals surface area contributed by atoms with Crippen LogP contribution in [0.4, 0.5) is 5.69 Å². The molecule has 1 aliphatic carbocycles. The predicted octanol–water partition coefficient (Wildman–Crippen LogP) is 5.03. The molecular formula is C24H35N3OS. The lowest BCUT2D eigenvalue weighted by Crippen LogP contribution is -2.36. The van der Waals surface area contributed by atoms with Crippen molar-refractivity contribution in [2.75, 3.05) is 38.7 Å². The Hall–Kier alpha value is -1.69. The van der Waals surface area contributed by atoms with Crippen molar-refractivity contribution in [2.24, 2.45) is 11.7 Å². The van der Waals surface area contributed by atoms with Gasteiger partial charge in [-0.15, -0.1) is 0 Å². The second-order valence-corrected chi connectivity index (χ2v) is 9.24. The van der Waals surface area contributed by atoms with Gasteiger partial charge in [0.05, 0.1) is 18.5 Å². The fraction of sp³-hybridized carbons (Fsp3) is 0.500. The molecule has 158 valence electrons. The van der Waals surface area contributed by atoms with E-state index in [0.717, 1.165) is 44.6 Å². The van der Waals surface area contributed by atoms with Crippen LogP contribution in [0.15, 0.2) is 58.0 Å². The van der Waals surface area contributed by atoms with E-state index in [-0.39, 0.29) is 0 Å². The van der Waals surface area contributed by atoms with Gasteiger partial charge in [-0.25, -0.2) is 0 Å². The zero-order chi connectivity index (χ0) is 20.8. The molecule has 0 spiro atoms. The van der Waals surface area contributed by atoms with Gasteiger partial charge in [0.2, 0.25) is 0 Å². The highest BCUT2D eigenvalue weighted by Gasteiger charge is 2.26. The normalized spacial score (nSPS) is 17.8. The van der Waals surface area contributed by atoms with E-state index in [4.69, 9.17) is 10.5 Å². The molecular weight excluding hydrogens is 378 g/mol. The summed E-state index contributed by atoms with van der Waals surface area (Å²) in [6.07, 6.45) is 12.1. The SMILES string of the molecule is CCC(N)CCN(C)CC(C)CN1C2=C(C=CCC=C2)Sc2ccc(OC)cc21. The summed E-state index contributed by atoms with van der Waals surface area (Å²) in [4.78, 5) is 7.51. The van der Waals surface area contributed by atoms with Crippen LogP contribution in [-0.4, -0.2) is 44.7 Å². The van der Waals surface area contributed by atoms with Gasteiger partial charge < -0.3 is 20.3 Å². The van der Waals surface area contributed by atoms with Gasteiger partial charge in [-0.3, -0.25) is 0 Å². The number of ether oxygens (including phenoxy) is 1. The minimum absolute atomic E-state index is 0.307. The number of methoxy groups -OCH3 is 1. The van der Waals surface area contributed by atoms with Crippen LogP contribution >= 0.6 is 11.8 Å². The van der Waals surface area contributed by atoms with Crippen LogP contribution < -0.4 is 15.4 Å². The second kappa shape index (κ2) is 10.4. The standard InChI is InChI=1S/C24H35N3OS/c1-5-19(25)13-14-26(3)16-18(2)17-27-21-9-7-6-8-10-23(21)29-24-12-11-20(28-4)15-22(24)27/h7-12,15,18-19H,5-6,13-14,16-17,25H2,1-4H3. The van der Waals surface area contributed by atoms with Gasteiger partial charge in [0.1, 0.15) is 5.75 Å². The number of hydrogen-bond acceptors (Lipinski definition) is 5. The summed E-state index contributed by atoms with van der Waals surface area (Å²) < 4.78 is 5.52. The fourth-order valence-corrected chi connectivity index (χ4v) is 4.95. The minimum Gasteiger partial charge on any atom is -0.497 e. The molecule has 0 aromatic heterocycles. The maximum Gasteiger partial charge on any atom is 0.121 e. The lowest BCUT2D eigenvalue weighted by atomic mass is 10.1. The van der Waals surface area contributed by atoms with Crippen LogP contribution in [0.5, 0.6) is 5.75 Å². The molecule has 2 atom stereocenters. The van der Waals surface area contributed by atoms with Crippen molar-refractivity contribution in [3.05, 3.63) is 53.1 Å². The lowest BCUT2D eigenvalue weighted by molar-refractivity contribution is 0.276. The van der Waals surface area contributed by atoms with Gasteiger partial charge in [-0.2, -0.15) is 0 Å². The number of allylic oxidation sites excluding steroid dienone is 4. The Morgan fingerprint density at radius 3 is 2.83 bits per heavy atom. The number of fused-ring (bicyclic) bond motifs is 1. The summed E-state index contributed by atoms with van der Waals surface area (Å²) in [5, 5.41) is 0.